The first-order valence-electron chi connectivity index (χ1n) is 6.29. The number of rotatable bonds is 5. The Morgan fingerprint density at radius 3 is 2.61 bits per heavy atom. The highest BCUT2D eigenvalue weighted by Crippen LogP contribution is 2.12. The molecule has 0 atom stereocenters. The molecule has 0 saturated carbocycles. The molecule has 0 aliphatic heterocycles. The molecule has 100 valence electrons. The topological polar surface area (TPSA) is 72.1 Å². The standard InChI is InChI=1S/C13H22N4O/c1-9(2)17(7-5-6-14)13(18)12-8-10(3)15-16-11(12)4/h8-9H,5-7,14H2,1-4H3. The predicted molar refractivity (Wildman–Crippen MR) is 71.3 cm³/mol. The van der Waals surface area contributed by atoms with Crippen molar-refractivity contribution in [1.29, 1.82) is 0 Å². The third kappa shape index (κ3) is 3.50. The van der Waals surface area contributed by atoms with E-state index >= 15 is 0 Å². The fourth-order valence-electron chi connectivity index (χ4n) is 1.78. The first kappa shape index (κ1) is 14.6. The number of aromatic nitrogens is 2. The summed E-state index contributed by atoms with van der Waals surface area (Å²) in [5.74, 6) is 0.00829. The molecule has 0 unspecified atom stereocenters. The fourth-order valence-corrected chi connectivity index (χ4v) is 1.78. The molecule has 18 heavy (non-hydrogen) atoms. The van der Waals surface area contributed by atoms with E-state index in [1.54, 1.807) is 13.0 Å². The Bertz CT molecular complexity index is 417. The minimum absolute atomic E-state index is 0.00829. The van der Waals surface area contributed by atoms with E-state index in [0.29, 0.717) is 24.3 Å². The maximum Gasteiger partial charge on any atom is 0.256 e. The highest BCUT2D eigenvalue weighted by atomic mass is 16.2. The summed E-state index contributed by atoms with van der Waals surface area (Å²) in [6.07, 6.45) is 0.806. The third-order valence-corrected chi connectivity index (χ3v) is 2.82. The van der Waals surface area contributed by atoms with Crippen LogP contribution in [0.1, 0.15) is 42.0 Å². The molecule has 1 amide bonds. The van der Waals surface area contributed by atoms with Gasteiger partial charge in [-0.3, -0.25) is 4.79 Å². The molecule has 2 N–H and O–H groups in total. The smallest absolute Gasteiger partial charge is 0.256 e. The van der Waals surface area contributed by atoms with Crippen LogP contribution in [0.2, 0.25) is 0 Å². The Balaban J connectivity index is 2.98. The summed E-state index contributed by atoms with van der Waals surface area (Å²) >= 11 is 0. The predicted octanol–water partition coefficient (Wildman–Crippen LogP) is 1.29. The molecular weight excluding hydrogens is 228 g/mol. The zero-order valence-corrected chi connectivity index (χ0v) is 11.6. The van der Waals surface area contributed by atoms with Crippen molar-refractivity contribution in [2.45, 2.75) is 40.2 Å². The summed E-state index contributed by atoms with van der Waals surface area (Å²) in [4.78, 5) is 14.3. The van der Waals surface area contributed by atoms with Gasteiger partial charge in [0.1, 0.15) is 0 Å². The zero-order chi connectivity index (χ0) is 13.7. The Kier molecular flexibility index (Phi) is 5.22. The van der Waals surface area contributed by atoms with Crippen LogP contribution in [-0.4, -0.2) is 40.1 Å². The lowest BCUT2D eigenvalue weighted by atomic mass is 10.1. The van der Waals surface area contributed by atoms with Crippen LogP contribution in [-0.2, 0) is 0 Å². The number of carbonyl (C=O) groups excluding carboxylic acids is 1. The first-order chi connectivity index (χ1) is 8.47. The van der Waals surface area contributed by atoms with Crippen molar-refractivity contribution in [2.24, 2.45) is 5.73 Å². The zero-order valence-electron chi connectivity index (χ0n) is 11.6. The number of nitrogens with two attached hydrogens (primary N) is 1. The second-order valence-corrected chi connectivity index (χ2v) is 4.72. The molecule has 0 fully saturated rings. The first-order valence-corrected chi connectivity index (χ1v) is 6.29. The van der Waals surface area contributed by atoms with E-state index in [9.17, 15) is 4.79 Å². The molecule has 0 aliphatic carbocycles. The van der Waals surface area contributed by atoms with Gasteiger partial charge in [0.05, 0.1) is 17.0 Å². The van der Waals surface area contributed by atoms with E-state index in [-0.39, 0.29) is 11.9 Å². The van der Waals surface area contributed by atoms with Gasteiger partial charge in [0.2, 0.25) is 0 Å². The van der Waals surface area contributed by atoms with Gasteiger partial charge in [-0.2, -0.15) is 10.2 Å². The maximum atomic E-state index is 12.5. The number of carbonyl (C=O) groups is 1. The van der Waals surface area contributed by atoms with Crippen LogP contribution in [0, 0.1) is 13.8 Å². The van der Waals surface area contributed by atoms with Crippen molar-refractivity contribution < 1.29 is 4.79 Å². The lowest BCUT2D eigenvalue weighted by molar-refractivity contribution is 0.0703. The fraction of sp³-hybridized carbons (Fsp3) is 0.615. The minimum atomic E-state index is 0.00829. The van der Waals surface area contributed by atoms with Gasteiger partial charge in [-0.25, -0.2) is 0 Å². The minimum Gasteiger partial charge on any atom is -0.336 e. The highest BCUT2D eigenvalue weighted by Gasteiger charge is 2.20. The molecule has 0 bridgehead atoms. The van der Waals surface area contributed by atoms with E-state index < -0.39 is 0 Å². The van der Waals surface area contributed by atoms with Crippen LogP contribution in [0.4, 0.5) is 0 Å². The third-order valence-electron chi connectivity index (χ3n) is 2.82. The number of hydrogen-bond acceptors (Lipinski definition) is 4. The second kappa shape index (κ2) is 6.44. The summed E-state index contributed by atoms with van der Waals surface area (Å²) in [5, 5.41) is 7.95. The van der Waals surface area contributed by atoms with E-state index in [0.717, 1.165) is 12.1 Å². The summed E-state index contributed by atoms with van der Waals surface area (Å²) in [5.41, 5.74) is 7.57. The summed E-state index contributed by atoms with van der Waals surface area (Å²) in [7, 11) is 0. The monoisotopic (exact) mass is 250 g/mol. The number of nitrogens with zero attached hydrogens (tertiary/aromatic N) is 3. The lowest BCUT2D eigenvalue weighted by Crippen LogP contribution is -2.39. The normalized spacial score (nSPS) is 10.8. The Labute approximate surface area is 108 Å². The highest BCUT2D eigenvalue weighted by molar-refractivity contribution is 5.95. The molecule has 0 aromatic carbocycles. The SMILES string of the molecule is Cc1cc(C(=O)N(CCCN)C(C)C)c(C)nn1. The summed E-state index contributed by atoms with van der Waals surface area (Å²) < 4.78 is 0. The van der Waals surface area contributed by atoms with E-state index in [2.05, 4.69) is 10.2 Å². The molecular formula is C13H22N4O. The Hall–Kier alpha value is -1.49. The van der Waals surface area contributed by atoms with Gasteiger partial charge in [-0.15, -0.1) is 0 Å². The molecule has 0 aliphatic rings. The number of hydrogen-bond donors (Lipinski definition) is 1. The van der Waals surface area contributed by atoms with Crippen LogP contribution in [0.3, 0.4) is 0 Å². The number of amides is 1. The molecule has 5 nitrogen and oxygen atoms in total. The Morgan fingerprint density at radius 2 is 2.06 bits per heavy atom. The molecule has 1 aromatic rings. The molecule has 0 spiro atoms. The van der Waals surface area contributed by atoms with E-state index in [1.165, 1.54) is 0 Å². The van der Waals surface area contributed by atoms with Crippen LogP contribution < -0.4 is 5.73 Å². The molecule has 1 rings (SSSR count). The number of aryl methyl sites for hydroxylation is 2. The second-order valence-electron chi connectivity index (χ2n) is 4.72. The molecule has 5 heteroatoms. The van der Waals surface area contributed by atoms with Gasteiger partial charge >= 0.3 is 0 Å². The average Bonchev–Trinajstić information content (AvgIpc) is 2.32. The average molecular weight is 250 g/mol. The van der Waals surface area contributed by atoms with Crippen molar-refractivity contribution in [3.05, 3.63) is 23.0 Å². The van der Waals surface area contributed by atoms with Crippen molar-refractivity contribution >= 4 is 5.91 Å². The van der Waals surface area contributed by atoms with Crippen LogP contribution in [0.5, 0.6) is 0 Å². The van der Waals surface area contributed by atoms with Gasteiger partial charge in [0, 0.05) is 12.6 Å². The van der Waals surface area contributed by atoms with Crippen molar-refractivity contribution in [2.75, 3.05) is 13.1 Å². The van der Waals surface area contributed by atoms with E-state index in [4.69, 9.17) is 5.73 Å². The van der Waals surface area contributed by atoms with E-state index in [1.807, 2.05) is 25.7 Å². The molecule has 1 aromatic heterocycles. The van der Waals surface area contributed by atoms with Gasteiger partial charge in [0.25, 0.3) is 5.91 Å². The van der Waals surface area contributed by atoms with Crippen molar-refractivity contribution in [3.8, 4) is 0 Å². The van der Waals surface area contributed by atoms with Gasteiger partial charge in [-0.1, -0.05) is 0 Å². The molecule has 0 saturated heterocycles. The van der Waals surface area contributed by atoms with Gasteiger partial charge < -0.3 is 10.6 Å². The summed E-state index contributed by atoms with van der Waals surface area (Å²) in [6.45, 7) is 8.91. The van der Waals surface area contributed by atoms with Crippen molar-refractivity contribution in [1.82, 2.24) is 15.1 Å². The largest absolute Gasteiger partial charge is 0.336 e. The van der Waals surface area contributed by atoms with Crippen LogP contribution in [0.15, 0.2) is 6.07 Å². The van der Waals surface area contributed by atoms with Crippen LogP contribution >= 0.6 is 0 Å². The molecule has 0 radical (unpaired) electrons. The van der Waals surface area contributed by atoms with Crippen LogP contribution in [0.25, 0.3) is 0 Å². The Morgan fingerprint density at radius 1 is 1.39 bits per heavy atom. The molecule has 1 heterocycles. The quantitative estimate of drug-likeness (QED) is 0.854. The van der Waals surface area contributed by atoms with Gasteiger partial charge in [-0.05, 0) is 46.7 Å². The maximum absolute atomic E-state index is 12.5. The van der Waals surface area contributed by atoms with Crippen molar-refractivity contribution in [3.63, 3.8) is 0 Å². The summed E-state index contributed by atoms with van der Waals surface area (Å²) in [6, 6.07) is 1.94. The lowest BCUT2D eigenvalue weighted by Gasteiger charge is -2.27. The van der Waals surface area contributed by atoms with Gasteiger partial charge in [0.15, 0.2) is 0 Å².